The number of methoxy groups -OCH3 is 1. The molecule has 1 saturated heterocycles. The van der Waals surface area contributed by atoms with Crippen LogP contribution in [0.4, 0.5) is 0 Å². The van der Waals surface area contributed by atoms with Gasteiger partial charge in [0.1, 0.15) is 0 Å². The van der Waals surface area contributed by atoms with Crippen LogP contribution in [0, 0.1) is 5.92 Å². The monoisotopic (exact) mass is 241 g/mol. The Kier molecular flexibility index (Phi) is 6.22. The highest BCUT2D eigenvalue weighted by Gasteiger charge is 2.19. The van der Waals surface area contributed by atoms with E-state index in [0.717, 1.165) is 26.1 Å². The number of carbonyl (C=O) groups is 1. The topological polar surface area (TPSA) is 47.6 Å². The molecule has 0 radical (unpaired) electrons. The molecular weight excluding hydrogens is 218 g/mol. The molecule has 0 saturated carbocycles. The predicted molar refractivity (Wildman–Crippen MR) is 66.8 cm³/mol. The van der Waals surface area contributed by atoms with Gasteiger partial charge in [-0.1, -0.05) is 6.08 Å². The fraction of sp³-hybridized carbons (Fsp3) is 0.769. The molecule has 4 nitrogen and oxygen atoms in total. The van der Waals surface area contributed by atoms with E-state index in [1.165, 1.54) is 7.11 Å². The number of rotatable bonds is 5. The molecule has 98 valence electrons. The van der Waals surface area contributed by atoms with Gasteiger partial charge in [-0.25, -0.2) is 4.79 Å². The zero-order valence-corrected chi connectivity index (χ0v) is 11.0. The van der Waals surface area contributed by atoms with Crippen molar-refractivity contribution in [3.63, 3.8) is 0 Å². The second kappa shape index (κ2) is 7.45. The van der Waals surface area contributed by atoms with E-state index in [0.29, 0.717) is 24.1 Å². The van der Waals surface area contributed by atoms with Gasteiger partial charge in [-0.05, 0) is 32.6 Å². The van der Waals surface area contributed by atoms with Gasteiger partial charge < -0.3 is 14.8 Å². The molecule has 0 aromatic carbocycles. The average Bonchev–Trinajstić information content (AvgIpc) is 2.38. The van der Waals surface area contributed by atoms with Crippen molar-refractivity contribution < 1.29 is 14.3 Å². The number of nitrogens with one attached hydrogen (secondary N) is 1. The summed E-state index contributed by atoms with van der Waals surface area (Å²) in [6, 6.07) is 0.459. The Bertz CT molecular complexity index is 270. The zero-order valence-electron chi connectivity index (χ0n) is 11.0. The van der Waals surface area contributed by atoms with Gasteiger partial charge in [0, 0.05) is 31.4 Å². The third kappa shape index (κ3) is 4.88. The summed E-state index contributed by atoms with van der Waals surface area (Å²) in [5.74, 6) is 0.418. The molecule has 1 unspecified atom stereocenters. The Morgan fingerprint density at radius 2 is 2.18 bits per heavy atom. The molecule has 1 aliphatic rings. The highest BCUT2D eigenvalue weighted by molar-refractivity contribution is 5.87. The van der Waals surface area contributed by atoms with Crippen molar-refractivity contribution >= 4 is 5.97 Å². The second-order valence-corrected chi connectivity index (χ2v) is 4.53. The number of ether oxygens (including phenoxy) is 2. The first kappa shape index (κ1) is 14.2. The average molecular weight is 241 g/mol. The Balaban J connectivity index is 2.27. The molecule has 0 amide bonds. The van der Waals surface area contributed by atoms with Crippen LogP contribution in [0.2, 0.25) is 0 Å². The summed E-state index contributed by atoms with van der Waals surface area (Å²) < 4.78 is 9.97. The Labute approximate surface area is 103 Å². The van der Waals surface area contributed by atoms with Crippen molar-refractivity contribution in [2.24, 2.45) is 5.92 Å². The molecule has 0 aromatic heterocycles. The largest absolute Gasteiger partial charge is 0.466 e. The van der Waals surface area contributed by atoms with Gasteiger partial charge in [0.15, 0.2) is 0 Å². The standard InChI is InChI=1S/C13H23NO3/c1-10(13(15)16-3)4-7-14-11(2)12-5-8-17-9-6-12/h4,11-12,14H,5-9H2,1-3H3. The van der Waals surface area contributed by atoms with Gasteiger partial charge in [0.2, 0.25) is 0 Å². The van der Waals surface area contributed by atoms with Crippen LogP contribution in [-0.4, -0.2) is 38.9 Å². The van der Waals surface area contributed by atoms with Crippen LogP contribution in [0.5, 0.6) is 0 Å². The van der Waals surface area contributed by atoms with Gasteiger partial charge >= 0.3 is 5.97 Å². The predicted octanol–water partition coefficient (Wildman–Crippen LogP) is 1.51. The lowest BCUT2D eigenvalue weighted by Crippen LogP contribution is -2.36. The summed E-state index contributed by atoms with van der Waals surface area (Å²) in [6.07, 6.45) is 4.11. The maximum absolute atomic E-state index is 11.2. The summed E-state index contributed by atoms with van der Waals surface area (Å²) in [5.41, 5.74) is 0.652. The Morgan fingerprint density at radius 1 is 1.53 bits per heavy atom. The van der Waals surface area contributed by atoms with Crippen molar-refractivity contribution in [1.29, 1.82) is 0 Å². The number of esters is 1. The van der Waals surface area contributed by atoms with E-state index in [4.69, 9.17) is 4.74 Å². The molecule has 1 fully saturated rings. The summed E-state index contributed by atoms with van der Waals surface area (Å²) in [7, 11) is 1.40. The van der Waals surface area contributed by atoms with E-state index in [1.807, 2.05) is 6.08 Å². The first-order valence-corrected chi connectivity index (χ1v) is 6.21. The fourth-order valence-corrected chi connectivity index (χ4v) is 2.02. The minimum Gasteiger partial charge on any atom is -0.466 e. The van der Waals surface area contributed by atoms with E-state index in [2.05, 4.69) is 17.0 Å². The maximum atomic E-state index is 11.2. The zero-order chi connectivity index (χ0) is 12.7. The van der Waals surface area contributed by atoms with Gasteiger partial charge in [0.05, 0.1) is 7.11 Å². The van der Waals surface area contributed by atoms with Crippen LogP contribution in [0.3, 0.4) is 0 Å². The summed E-state index contributed by atoms with van der Waals surface area (Å²) in [6.45, 7) is 6.41. The van der Waals surface area contributed by atoms with E-state index < -0.39 is 0 Å². The van der Waals surface area contributed by atoms with Crippen molar-refractivity contribution in [3.8, 4) is 0 Å². The van der Waals surface area contributed by atoms with E-state index in [-0.39, 0.29) is 5.97 Å². The summed E-state index contributed by atoms with van der Waals surface area (Å²) in [4.78, 5) is 11.2. The SMILES string of the molecule is COC(=O)C(C)=CCNC(C)C1CCOCC1. The third-order valence-electron chi connectivity index (χ3n) is 3.33. The van der Waals surface area contributed by atoms with Crippen LogP contribution in [0.15, 0.2) is 11.6 Å². The normalized spacial score (nSPS) is 20.1. The first-order chi connectivity index (χ1) is 8.15. The molecule has 17 heavy (non-hydrogen) atoms. The Hall–Kier alpha value is -0.870. The van der Waals surface area contributed by atoms with E-state index >= 15 is 0 Å². The van der Waals surface area contributed by atoms with Crippen LogP contribution >= 0.6 is 0 Å². The molecule has 0 aliphatic carbocycles. The molecular formula is C13H23NO3. The van der Waals surface area contributed by atoms with Crippen molar-refractivity contribution in [3.05, 3.63) is 11.6 Å². The summed E-state index contributed by atoms with van der Waals surface area (Å²) >= 11 is 0. The lowest BCUT2D eigenvalue weighted by molar-refractivity contribution is -0.136. The lowest BCUT2D eigenvalue weighted by Gasteiger charge is -2.28. The maximum Gasteiger partial charge on any atom is 0.333 e. The van der Waals surface area contributed by atoms with Gasteiger partial charge in [-0.2, -0.15) is 0 Å². The lowest BCUT2D eigenvalue weighted by atomic mass is 9.93. The van der Waals surface area contributed by atoms with Crippen molar-refractivity contribution in [2.45, 2.75) is 32.7 Å². The van der Waals surface area contributed by atoms with Gasteiger partial charge in [-0.3, -0.25) is 0 Å². The number of hydrogen-bond acceptors (Lipinski definition) is 4. The second-order valence-electron chi connectivity index (χ2n) is 4.53. The third-order valence-corrected chi connectivity index (χ3v) is 3.33. The van der Waals surface area contributed by atoms with Crippen LogP contribution < -0.4 is 5.32 Å². The van der Waals surface area contributed by atoms with E-state index in [1.54, 1.807) is 6.92 Å². The highest BCUT2D eigenvalue weighted by Crippen LogP contribution is 2.18. The molecule has 1 heterocycles. The molecule has 1 aliphatic heterocycles. The summed E-state index contributed by atoms with van der Waals surface area (Å²) in [5, 5.41) is 3.42. The highest BCUT2D eigenvalue weighted by atomic mass is 16.5. The molecule has 0 spiro atoms. The minimum absolute atomic E-state index is 0.259. The molecule has 1 rings (SSSR count). The van der Waals surface area contributed by atoms with Crippen molar-refractivity contribution in [2.75, 3.05) is 26.9 Å². The molecule has 4 heteroatoms. The van der Waals surface area contributed by atoms with Crippen LogP contribution in [0.1, 0.15) is 26.7 Å². The molecule has 1 N–H and O–H groups in total. The number of hydrogen-bond donors (Lipinski definition) is 1. The van der Waals surface area contributed by atoms with Crippen molar-refractivity contribution in [1.82, 2.24) is 5.32 Å². The number of carbonyl (C=O) groups excluding carboxylic acids is 1. The van der Waals surface area contributed by atoms with Crippen LogP contribution in [-0.2, 0) is 14.3 Å². The quantitative estimate of drug-likeness (QED) is 0.585. The molecule has 0 bridgehead atoms. The molecule has 1 atom stereocenters. The van der Waals surface area contributed by atoms with Crippen LogP contribution in [0.25, 0.3) is 0 Å². The fourth-order valence-electron chi connectivity index (χ4n) is 2.02. The van der Waals surface area contributed by atoms with Gasteiger partial charge in [-0.15, -0.1) is 0 Å². The molecule has 0 aromatic rings. The minimum atomic E-state index is -0.259. The first-order valence-electron chi connectivity index (χ1n) is 6.21. The Morgan fingerprint density at radius 3 is 2.76 bits per heavy atom. The van der Waals surface area contributed by atoms with E-state index in [9.17, 15) is 4.79 Å². The smallest absolute Gasteiger partial charge is 0.333 e. The van der Waals surface area contributed by atoms with Gasteiger partial charge in [0.25, 0.3) is 0 Å².